The molecule has 1 N–H and O–H groups in total. The Morgan fingerprint density at radius 2 is 2.21 bits per heavy atom. The van der Waals surface area contributed by atoms with Crippen molar-refractivity contribution in [3.63, 3.8) is 0 Å². The molecule has 106 valence electrons. The van der Waals surface area contributed by atoms with E-state index in [4.69, 9.17) is 0 Å². The number of amides is 1. The Morgan fingerprint density at radius 1 is 1.47 bits per heavy atom. The van der Waals surface area contributed by atoms with E-state index in [0.717, 1.165) is 6.54 Å². The van der Waals surface area contributed by atoms with E-state index in [-0.39, 0.29) is 11.8 Å². The van der Waals surface area contributed by atoms with Gasteiger partial charge in [-0.05, 0) is 6.26 Å². The van der Waals surface area contributed by atoms with Crippen molar-refractivity contribution in [2.24, 2.45) is 11.3 Å². The molecule has 2 heterocycles. The van der Waals surface area contributed by atoms with Crippen LogP contribution >= 0.6 is 11.8 Å². The lowest BCUT2D eigenvalue weighted by molar-refractivity contribution is -0.149. The lowest BCUT2D eigenvalue weighted by Gasteiger charge is -2.24. The van der Waals surface area contributed by atoms with Crippen LogP contribution in [-0.2, 0) is 9.59 Å². The number of aliphatic carboxylic acids is 1. The maximum atomic E-state index is 11.9. The summed E-state index contributed by atoms with van der Waals surface area (Å²) >= 11 is 1.48. The van der Waals surface area contributed by atoms with Crippen LogP contribution in [0.3, 0.4) is 0 Å². The summed E-state index contributed by atoms with van der Waals surface area (Å²) in [7, 11) is 0. The number of rotatable bonds is 5. The third-order valence-corrected chi connectivity index (χ3v) is 4.65. The molecule has 6 heteroatoms. The summed E-state index contributed by atoms with van der Waals surface area (Å²) in [5, 5.41) is 9.59. The predicted molar refractivity (Wildman–Crippen MR) is 75.2 cm³/mol. The summed E-state index contributed by atoms with van der Waals surface area (Å²) < 4.78 is 0. The molecule has 0 aromatic rings. The number of carboxylic acids is 1. The first-order valence-electron chi connectivity index (χ1n) is 6.37. The second-order valence-electron chi connectivity index (χ2n) is 5.35. The van der Waals surface area contributed by atoms with Gasteiger partial charge in [-0.1, -0.05) is 6.08 Å². The van der Waals surface area contributed by atoms with Crippen LogP contribution in [0.4, 0.5) is 0 Å². The van der Waals surface area contributed by atoms with Crippen LogP contribution in [0.15, 0.2) is 12.7 Å². The van der Waals surface area contributed by atoms with E-state index in [1.807, 2.05) is 6.26 Å². The Balaban J connectivity index is 2.11. The van der Waals surface area contributed by atoms with Crippen LogP contribution in [0.25, 0.3) is 0 Å². The van der Waals surface area contributed by atoms with Crippen molar-refractivity contribution in [2.45, 2.75) is 0 Å². The molecule has 0 bridgehead atoms. The summed E-state index contributed by atoms with van der Waals surface area (Å²) in [5.41, 5.74) is -0.781. The molecule has 2 saturated heterocycles. The largest absolute Gasteiger partial charge is 0.481 e. The highest BCUT2D eigenvalue weighted by atomic mass is 32.2. The fourth-order valence-corrected chi connectivity index (χ4v) is 3.63. The number of thioether (sulfide) groups is 1. The van der Waals surface area contributed by atoms with Crippen molar-refractivity contribution >= 4 is 23.6 Å². The molecule has 5 nitrogen and oxygen atoms in total. The van der Waals surface area contributed by atoms with E-state index in [1.165, 1.54) is 11.8 Å². The molecule has 2 atom stereocenters. The van der Waals surface area contributed by atoms with Crippen molar-refractivity contribution in [1.29, 1.82) is 0 Å². The minimum atomic E-state index is -0.781. The molecule has 0 aliphatic carbocycles. The molecule has 2 fully saturated rings. The van der Waals surface area contributed by atoms with Gasteiger partial charge < -0.3 is 10.0 Å². The fraction of sp³-hybridized carbons (Fsp3) is 0.692. The molecule has 0 radical (unpaired) electrons. The Hall–Kier alpha value is -1.01. The Labute approximate surface area is 117 Å². The number of hydrogen-bond acceptors (Lipinski definition) is 4. The zero-order chi connectivity index (χ0) is 14.0. The molecule has 0 aromatic carbocycles. The number of carbonyl (C=O) groups excluding carboxylic acids is 1. The summed E-state index contributed by atoms with van der Waals surface area (Å²) in [6, 6.07) is 0. The lowest BCUT2D eigenvalue weighted by Crippen LogP contribution is -2.42. The monoisotopic (exact) mass is 284 g/mol. The van der Waals surface area contributed by atoms with Gasteiger partial charge in [-0.2, -0.15) is 11.8 Å². The maximum absolute atomic E-state index is 11.9. The number of hydrogen-bond donors (Lipinski definition) is 1. The average Bonchev–Trinajstić information content (AvgIpc) is 2.84. The smallest absolute Gasteiger partial charge is 0.313 e. The average molecular weight is 284 g/mol. The Kier molecular flexibility index (Phi) is 4.20. The third-order valence-electron chi connectivity index (χ3n) is 4.11. The quantitative estimate of drug-likeness (QED) is 0.740. The van der Waals surface area contributed by atoms with E-state index in [2.05, 4.69) is 11.5 Å². The van der Waals surface area contributed by atoms with Gasteiger partial charge in [0.1, 0.15) is 5.41 Å². The number of likely N-dealkylation sites (tertiary alicyclic amines) is 2. The van der Waals surface area contributed by atoms with E-state index in [9.17, 15) is 14.7 Å². The summed E-state index contributed by atoms with van der Waals surface area (Å²) in [6.07, 6.45) is 3.68. The zero-order valence-electron chi connectivity index (χ0n) is 11.2. The normalized spacial score (nSPS) is 30.4. The zero-order valence-corrected chi connectivity index (χ0v) is 12.0. The van der Waals surface area contributed by atoms with Crippen molar-refractivity contribution in [3.05, 3.63) is 12.7 Å². The lowest BCUT2D eigenvalue weighted by atomic mass is 9.81. The summed E-state index contributed by atoms with van der Waals surface area (Å²) in [5.74, 6) is -0.254. The number of fused-ring (bicyclic) bond motifs is 1. The molecular weight excluding hydrogens is 264 g/mol. The van der Waals surface area contributed by atoms with E-state index < -0.39 is 11.4 Å². The van der Waals surface area contributed by atoms with Gasteiger partial charge in [-0.25, -0.2) is 0 Å². The Morgan fingerprint density at radius 3 is 2.74 bits per heavy atom. The van der Waals surface area contributed by atoms with E-state index in [0.29, 0.717) is 31.9 Å². The first kappa shape index (κ1) is 14.4. The standard InChI is InChI=1S/C13H20N2O3S/c1-3-4-14-5-10-6-15(11(16)7-19-2)9-13(10,8-14)12(17)18/h3,10H,1,4-9H2,2H3,(H,17,18)/t10-,13-/m1/s1. The van der Waals surface area contributed by atoms with Gasteiger partial charge in [0, 0.05) is 38.6 Å². The number of carbonyl (C=O) groups is 2. The third kappa shape index (κ3) is 2.51. The second-order valence-corrected chi connectivity index (χ2v) is 6.21. The van der Waals surface area contributed by atoms with Gasteiger partial charge in [0.05, 0.1) is 5.75 Å². The van der Waals surface area contributed by atoms with Gasteiger partial charge in [0.15, 0.2) is 0 Å². The van der Waals surface area contributed by atoms with Crippen LogP contribution in [0.2, 0.25) is 0 Å². The number of nitrogens with zero attached hydrogens (tertiary/aromatic N) is 2. The molecule has 2 aliphatic heterocycles. The van der Waals surface area contributed by atoms with Gasteiger partial charge >= 0.3 is 5.97 Å². The molecule has 2 aliphatic rings. The molecule has 19 heavy (non-hydrogen) atoms. The minimum Gasteiger partial charge on any atom is -0.481 e. The first-order valence-corrected chi connectivity index (χ1v) is 7.76. The van der Waals surface area contributed by atoms with Crippen LogP contribution < -0.4 is 0 Å². The van der Waals surface area contributed by atoms with Crippen LogP contribution in [0.5, 0.6) is 0 Å². The van der Waals surface area contributed by atoms with E-state index in [1.54, 1.807) is 11.0 Å². The highest BCUT2D eigenvalue weighted by Crippen LogP contribution is 2.42. The highest BCUT2D eigenvalue weighted by Gasteiger charge is 2.58. The molecule has 2 rings (SSSR count). The van der Waals surface area contributed by atoms with Gasteiger partial charge in [0.25, 0.3) is 0 Å². The topological polar surface area (TPSA) is 60.9 Å². The maximum Gasteiger partial charge on any atom is 0.313 e. The van der Waals surface area contributed by atoms with Crippen molar-refractivity contribution < 1.29 is 14.7 Å². The minimum absolute atomic E-state index is 0.0377. The predicted octanol–water partition coefficient (Wildman–Crippen LogP) is 0.380. The molecule has 1 amide bonds. The van der Waals surface area contributed by atoms with Crippen LogP contribution in [0, 0.1) is 11.3 Å². The van der Waals surface area contributed by atoms with Crippen LogP contribution in [0.1, 0.15) is 0 Å². The van der Waals surface area contributed by atoms with Gasteiger partial charge in [-0.3, -0.25) is 14.5 Å². The summed E-state index contributed by atoms with van der Waals surface area (Å²) in [6.45, 7) is 6.58. The van der Waals surface area contributed by atoms with Crippen molar-refractivity contribution in [2.75, 3.05) is 44.7 Å². The SMILES string of the molecule is C=CCN1C[C@@H]2CN(C(=O)CSC)C[C@]2(C(=O)O)C1. The van der Waals surface area contributed by atoms with Gasteiger partial charge in [0.2, 0.25) is 5.91 Å². The molecular formula is C13H20N2O3S. The summed E-state index contributed by atoms with van der Waals surface area (Å²) in [4.78, 5) is 27.5. The van der Waals surface area contributed by atoms with Crippen LogP contribution in [-0.4, -0.2) is 71.5 Å². The van der Waals surface area contributed by atoms with Crippen molar-refractivity contribution in [1.82, 2.24) is 9.80 Å². The first-order chi connectivity index (χ1) is 9.03. The Bertz CT molecular complexity index is 401. The van der Waals surface area contributed by atoms with Gasteiger partial charge in [-0.15, -0.1) is 6.58 Å². The molecule has 0 saturated carbocycles. The highest BCUT2D eigenvalue weighted by molar-refractivity contribution is 7.99. The molecule has 0 aromatic heterocycles. The molecule has 0 unspecified atom stereocenters. The van der Waals surface area contributed by atoms with E-state index >= 15 is 0 Å². The fourth-order valence-electron chi connectivity index (χ4n) is 3.20. The van der Waals surface area contributed by atoms with Crippen molar-refractivity contribution in [3.8, 4) is 0 Å². The molecule has 0 spiro atoms. The second kappa shape index (κ2) is 5.54. The number of carboxylic acid groups (broad SMARTS) is 1.